The third-order valence-corrected chi connectivity index (χ3v) is 4.86. The maximum absolute atomic E-state index is 11.8. The summed E-state index contributed by atoms with van der Waals surface area (Å²) in [6.07, 6.45) is 1.60. The van der Waals surface area contributed by atoms with Crippen LogP contribution >= 0.6 is 0 Å². The second kappa shape index (κ2) is 8.33. The van der Waals surface area contributed by atoms with E-state index in [1.54, 1.807) is 4.90 Å². The number of nitrogens with zero attached hydrogens (tertiary/aromatic N) is 6. The zero-order chi connectivity index (χ0) is 17.6. The minimum atomic E-state index is -0.231. The zero-order valence-corrected chi connectivity index (χ0v) is 15.2. The van der Waals surface area contributed by atoms with Gasteiger partial charge in [-0.25, -0.2) is 9.78 Å². The number of carbonyl (C=O) groups excluding carboxylic acids is 1. The number of ether oxygens (including phenoxy) is 1. The molecule has 0 spiro atoms. The van der Waals surface area contributed by atoms with Gasteiger partial charge in [0.05, 0.1) is 6.61 Å². The summed E-state index contributed by atoms with van der Waals surface area (Å²) < 4.78 is 5.07. The molecule has 2 aliphatic rings. The molecule has 3 rings (SSSR count). The van der Waals surface area contributed by atoms with Crippen molar-refractivity contribution in [1.29, 1.82) is 0 Å². The Morgan fingerprint density at radius 1 is 1.04 bits per heavy atom. The molecule has 2 fully saturated rings. The molecule has 0 atom stereocenters. The molecule has 0 aromatic carbocycles. The summed E-state index contributed by atoms with van der Waals surface area (Å²) in [5.41, 5.74) is 0. The fourth-order valence-corrected chi connectivity index (χ4v) is 3.26. The van der Waals surface area contributed by atoms with Crippen molar-refractivity contribution in [2.24, 2.45) is 0 Å². The lowest BCUT2D eigenvalue weighted by molar-refractivity contribution is 0.105. The molecular formula is C17H28N6O2. The fraction of sp³-hybridized carbons (Fsp3) is 0.706. The predicted molar refractivity (Wildman–Crippen MR) is 97.2 cm³/mol. The van der Waals surface area contributed by atoms with Crippen molar-refractivity contribution in [3.05, 3.63) is 12.3 Å². The van der Waals surface area contributed by atoms with E-state index in [-0.39, 0.29) is 6.09 Å². The molecule has 25 heavy (non-hydrogen) atoms. The molecule has 2 aliphatic heterocycles. The maximum atomic E-state index is 11.8. The van der Waals surface area contributed by atoms with Crippen LogP contribution in [0.2, 0.25) is 0 Å². The first-order chi connectivity index (χ1) is 12.2. The van der Waals surface area contributed by atoms with Gasteiger partial charge >= 0.3 is 6.09 Å². The minimum Gasteiger partial charge on any atom is -0.450 e. The molecule has 0 bridgehead atoms. The molecule has 8 nitrogen and oxygen atoms in total. The summed E-state index contributed by atoms with van der Waals surface area (Å²) in [6.45, 7) is 12.4. The number of carbonyl (C=O) groups is 1. The largest absolute Gasteiger partial charge is 0.450 e. The van der Waals surface area contributed by atoms with Crippen LogP contribution in [0.4, 0.5) is 16.6 Å². The second-order valence-corrected chi connectivity index (χ2v) is 6.31. The van der Waals surface area contributed by atoms with Crippen LogP contribution in [-0.2, 0) is 4.74 Å². The van der Waals surface area contributed by atoms with Crippen LogP contribution < -0.4 is 9.80 Å². The van der Waals surface area contributed by atoms with Crippen LogP contribution in [0.1, 0.15) is 13.8 Å². The third kappa shape index (κ3) is 4.31. The number of hydrogen-bond acceptors (Lipinski definition) is 7. The highest BCUT2D eigenvalue weighted by atomic mass is 16.6. The van der Waals surface area contributed by atoms with Crippen molar-refractivity contribution in [3.63, 3.8) is 0 Å². The number of aromatic nitrogens is 2. The van der Waals surface area contributed by atoms with E-state index in [9.17, 15) is 4.79 Å². The van der Waals surface area contributed by atoms with Gasteiger partial charge in [-0.1, -0.05) is 6.92 Å². The molecule has 1 aromatic heterocycles. The first kappa shape index (κ1) is 17.7. The third-order valence-electron chi connectivity index (χ3n) is 4.86. The van der Waals surface area contributed by atoms with Gasteiger partial charge in [0.1, 0.15) is 5.82 Å². The van der Waals surface area contributed by atoms with Gasteiger partial charge in [-0.05, 0) is 19.5 Å². The smallest absolute Gasteiger partial charge is 0.409 e. The zero-order valence-electron chi connectivity index (χ0n) is 15.2. The van der Waals surface area contributed by atoms with Crippen molar-refractivity contribution in [3.8, 4) is 0 Å². The van der Waals surface area contributed by atoms with E-state index in [1.165, 1.54) is 0 Å². The molecule has 0 unspecified atom stereocenters. The number of hydrogen-bond donors (Lipinski definition) is 0. The van der Waals surface area contributed by atoms with Crippen LogP contribution in [0.15, 0.2) is 12.3 Å². The molecule has 2 saturated heterocycles. The van der Waals surface area contributed by atoms with Crippen molar-refractivity contribution in [1.82, 2.24) is 19.8 Å². The molecule has 3 heterocycles. The highest BCUT2D eigenvalue weighted by molar-refractivity contribution is 5.68. The lowest BCUT2D eigenvalue weighted by Gasteiger charge is -2.36. The summed E-state index contributed by atoms with van der Waals surface area (Å²) in [5.74, 6) is 1.74. The highest BCUT2D eigenvalue weighted by Gasteiger charge is 2.24. The Morgan fingerprint density at radius 3 is 2.36 bits per heavy atom. The first-order valence-electron chi connectivity index (χ1n) is 9.18. The number of piperazine rings is 2. The number of anilines is 2. The van der Waals surface area contributed by atoms with Gasteiger partial charge in [-0.2, -0.15) is 4.98 Å². The molecule has 1 aromatic rings. The van der Waals surface area contributed by atoms with Gasteiger partial charge in [-0.3, -0.25) is 0 Å². The lowest BCUT2D eigenvalue weighted by Crippen LogP contribution is -2.49. The summed E-state index contributed by atoms with van der Waals surface area (Å²) in [7, 11) is 0. The number of rotatable bonds is 4. The molecule has 0 aliphatic carbocycles. The van der Waals surface area contributed by atoms with Gasteiger partial charge < -0.3 is 24.3 Å². The van der Waals surface area contributed by atoms with E-state index >= 15 is 0 Å². The normalized spacial score (nSPS) is 19.2. The molecule has 138 valence electrons. The summed E-state index contributed by atoms with van der Waals surface area (Å²) in [4.78, 5) is 29.7. The van der Waals surface area contributed by atoms with Gasteiger partial charge in [0.2, 0.25) is 5.95 Å². The average Bonchev–Trinajstić information content (AvgIpc) is 2.68. The van der Waals surface area contributed by atoms with Crippen molar-refractivity contribution in [2.45, 2.75) is 13.8 Å². The Morgan fingerprint density at radius 2 is 1.72 bits per heavy atom. The lowest BCUT2D eigenvalue weighted by atomic mass is 10.3. The van der Waals surface area contributed by atoms with Crippen molar-refractivity contribution < 1.29 is 9.53 Å². The van der Waals surface area contributed by atoms with Gasteiger partial charge in [0.15, 0.2) is 0 Å². The SMILES string of the molecule is CCOC(=O)N1CCN(c2nccc(N3CCN(CC)CC3)n2)CC1. The number of likely N-dealkylation sites (N-methyl/N-ethyl adjacent to an activating group) is 1. The van der Waals surface area contributed by atoms with Gasteiger partial charge in [0.25, 0.3) is 0 Å². The Labute approximate surface area is 149 Å². The molecule has 0 N–H and O–H groups in total. The van der Waals surface area contributed by atoms with Crippen LogP contribution in [0.3, 0.4) is 0 Å². The molecule has 8 heteroatoms. The Hall–Kier alpha value is -2.09. The van der Waals surface area contributed by atoms with Crippen LogP contribution in [0.25, 0.3) is 0 Å². The molecule has 0 saturated carbocycles. The van der Waals surface area contributed by atoms with Crippen LogP contribution in [0, 0.1) is 0 Å². The van der Waals surface area contributed by atoms with Gasteiger partial charge in [-0.15, -0.1) is 0 Å². The second-order valence-electron chi connectivity index (χ2n) is 6.31. The topological polar surface area (TPSA) is 65.0 Å². The summed E-state index contributed by atoms with van der Waals surface area (Å²) in [5, 5.41) is 0. The quantitative estimate of drug-likeness (QED) is 0.801. The Bertz CT molecular complexity index is 568. The maximum Gasteiger partial charge on any atom is 0.409 e. The van der Waals surface area contributed by atoms with Crippen LogP contribution in [0.5, 0.6) is 0 Å². The van der Waals surface area contributed by atoms with Crippen molar-refractivity contribution >= 4 is 17.9 Å². The van der Waals surface area contributed by atoms with E-state index in [2.05, 4.69) is 26.6 Å². The average molecular weight is 348 g/mol. The Kier molecular flexibility index (Phi) is 5.91. The van der Waals surface area contributed by atoms with Crippen molar-refractivity contribution in [2.75, 3.05) is 75.3 Å². The molecular weight excluding hydrogens is 320 g/mol. The Balaban J connectivity index is 1.58. The molecule has 1 amide bonds. The summed E-state index contributed by atoms with van der Waals surface area (Å²) >= 11 is 0. The summed E-state index contributed by atoms with van der Waals surface area (Å²) in [6, 6.07) is 1.99. The van der Waals surface area contributed by atoms with E-state index < -0.39 is 0 Å². The highest BCUT2D eigenvalue weighted by Crippen LogP contribution is 2.18. The predicted octanol–water partition coefficient (Wildman–Crippen LogP) is 0.897. The van der Waals surface area contributed by atoms with E-state index in [4.69, 9.17) is 9.72 Å². The number of amides is 1. The van der Waals surface area contributed by atoms with Crippen LogP contribution in [-0.4, -0.2) is 91.4 Å². The first-order valence-corrected chi connectivity index (χ1v) is 9.18. The monoisotopic (exact) mass is 348 g/mol. The fourth-order valence-electron chi connectivity index (χ4n) is 3.26. The van der Waals surface area contributed by atoms with Gasteiger partial charge in [0, 0.05) is 58.6 Å². The molecule has 0 radical (unpaired) electrons. The van der Waals surface area contributed by atoms with E-state index in [0.717, 1.165) is 57.6 Å². The van der Waals surface area contributed by atoms with E-state index in [0.29, 0.717) is 19.7 Å². The van der Waals surface area contributed by atoms with E-state index in [1.807, 2.05) is 19.2 Å². The minimum absolute atomic E-state index is 0.231. The standard InChI is InChI=1S/C17H28N6O2/c1-3-20-7-9-21(10-8-20)15-5-6-18-16(19-15)22-11-13-23(14-12-22)17(24)25-4-2/h5-6H,3-4,7-14H2,1-2H3.